The maximum absolute atomic E-state index is 11.4. The predicted molar refractivity (Wildman–Crippen MR) is 76.3 cm³/mol. The van der Waals surface area contributed by atoms with E-state index >= 15 is 0 Å². The molecule has 0 radical (unpaired) electrons. The van der Waals surface area contributed by atoms with Crippen molar-refractivity contribution in [2.24, 2.45) is 34.5 Å². The minimum atomic E-state index is -0.163. The molecule has 1 nitrogen and oxygen atoms in total. The van der Waals surface area contributed by atoms with Gasteiger partial charge < -0.3 is 4.79 Å². The summed E-state index contributed by atoms with van der Waals surface area (Å²) in [7, 11) is 0. The third-order valence-electron chi connectivity index (χ3n) is 6.63. The van der Waals surface area contributed by atoms with E-state index in [-0.39, 0.29) is 5.41 Å². The van der Waals surface area contributed by atoms with Crippen molar-refractivity contribution in [3.8, 4) is 0 Å². The lowest BCUT2D eigenvalue weighted by Crippen LogP contribution is -2.42. The zero-order valence-electron chi connectivity index (χ0n) is 12.8. The van der Waals surface area contributed by atoms with Crippen molar-refractivity contribution in [3.63, 3.8) is 0 Å². The van der Waals surface area contributed by atoms with Crippen molar-refractivity contribution < 1.29 is 4.79 Å². The van der Waals surface area contributed by atoms with Crippen LogP contribution in [0.2, 0.25) is 0 Å². The molecular formula is C17H30O. The monoisotopic (exact) mass is 250 g/mol. The first-order valence-electron chi connectivity index (χ1n) is 7.79. The Morgan fingerprint density at radius 1 is 1.28 bits per heavy atom. The first kappa shape index (κ1) is 14.1. The molecule has 0 aromatic carbocycles. The molecule has 2 fully saturated rings. The first-order valence-corrected chi connectivity index (χ1v) is 7.79. The van der Waals surface area contributed by atoms with Crippen LogP contribution in [-0.2, 0) is 4.79 Å². The summed E-state index contributed by atoms with van der Waals surface area (Å²) in [6, 6.07) is 0. The molecule has 18 heavy (non-hydrogen) atoms. The van der Waals surface area contributed by atoms with Crippen molar-refractivity contribution in [1.29, 1.82) is 0 Å². The molecule has 0 spiro atoms. The highest BCUT2D eigenvalue weighted by Gasteiger charge is 2.53. The number of hydrogen-bond donors (Lipinski definition) is 0. The van der Waals surface area contributed by atoms with Crippen LogP contribution in [0, 0.1) is 34.5 Å². The highest BCUT2D eigenvalue weighted by molar-refractivity contribution is 5.58. The number of carbonyl (C=O) groups excluding carboxylic acids is 1. The summed E-state index contributed by atoms with van der Waals surface area (Å²) in [5, 5.41) is 0. The van der Waals surface area contributed by atoms with Gasteiger partial charge in [0.15, 0.2) is 0 Å². The summed E-state index contributed by atoms with van der Waals surface area (Å²) < 4.78 is 0. The lowest BCUT2D eigenvalue weighted by molar-refractivity contribution is -0.119. The van der Waals surface area contributed by atoms with Crippen LogP contribution in [0.25, 0.3) is 0 Å². The van der Waals surface area contributed by atoms with Crippen LogP contribution in [0.15, 0.2) is 0 Å². The maximum atomic E-state index is 11.4. The summed E-state index contributed by atoms with van der Waals surface area (Å²) in [5.41, 5.74) is 0.334. The van der Waals surface area contributed by atoms with Gasteiger partial charge in [-0.05, 0) is 48.3 Å². The van der Waals surface area contributed by atoms with Gasteiger partial charge >= 0.3 is 0 Å². The van der Waals surface area contributed by atoms with E-state index in [0.29, 0.717) is 11.3 Å². The molecule has 2 unspecified atom stereocenters. The molecule has 1 heteroatoms. The van der Waals surface area contributed by atoms with Crippen molar-refractivity contribution in [2.75, 3.05) is 0 Å². The summed E-state index contributed by atoms with van der Waals surface area (Å²) in [6.07, 6.45) is 8.09. The molecule has 104 valence electrons. The maximum Gasteiger partial charge on any atom is 0.125 e. The second-order valence-corrected chi connectivity index (χ2v) is 7.89. The summed E-state index contributed by atoms with van der Waals surface area (Å²) in [5.74, 6) is 3.04. The number of fused-ring (bicyclic) bond motifs is 1. The largest absolute Gasteiger partial charge is 0.303 e. The van der Waals surface area contributed by atoms with E-state index in [1.54, 1.807) is 0 Å². The Balaban J connectivity index is 2.23. The average Bonchev–Trinajstić information content (AvgIpc) is 2.66. The van der Waals surface area contributed by atoms with E-state index < -0.39 is 0 Å². The van der Waals surface area contributed by atoms with E-state index in [0.717, 1.165) is 17.8 Å². The molecule has 0 aromatic rings. The fraction of sp³-hybridized carbons (Fsp3) is 0.941. The number of aldehydes is 1. The normalized spacial score (nSPS) is 42.4. The fourth-order valence-corrected chi connectivity index (χ4v) is 5.05. The minimum absolute atomic E-state index is 0.163. The topological polar surface area (TPSA) is 17.1 Å². The highest BCUT2D eigenvalue weighted by Crippen LogP contribution is 2.61. The SMILES string of the molecule is C[C@H]1CCC[C@@]2(C)C1CCC2[C@H](C)C(C)(C)C=O. The van der Waals surface area contributed by atoms with Gasteiger partial charge in [0, 0.05) is 5.41 Å². The van der Waals surface area contributed by atoms with Crippen LogP contribution < -0.4 is 0 Å². The van der Waals surface area contributed by atoms with Crippen molar-refractivity contribution in [3.05, 3.63) is 0 Å². The molecule has 0 heterocycles. The van der Waals surface area contributed by atoms with Gasteiger partial charge in [-0.15, -0.1) is 0 Å². The Labute approximate surface area is 113 Å². The van der Waals surface area contributed by atoms with E-state index in [1.807, 2.05) is 0 Å². The molecule has 0 aromatic heterocycles. The molecule has 0 N–H and O–H groups in total. The zero-order chi connectivity index (χ0) is 13.6. The summed E-state index contributed by atoms with van der Waals surface area (Å²) in [6.45, 7) is 11.5. The summed E-state index contributed by atoms with van der Waals surface area (Å²) in [4.78, 5) is 11.4. The number of hydrogen-bond acceptors (Lipinski definition) is 1. The second kappa shape index (κ2) is 4.65. The molecular weight excluding hydrogens is 220 g/mol. The van der Waals surface area contributed by atoms with Gasteiger partial charge in [0.05, 0.1) is 0 Å². The highest BCUT2D eigenvalue weighted by atomic mass is 16.1. The van der Waals surface area contributed by atoms with Crippen molar-refractivity contribution in [1.82, 2.24) is 0 Å². The molecule has 2 aliphatic rings. The summed E-state index contributed by atoms with van der Waals surface area (Å²) >= 11 is 0. The predicted octanol–water partition coefficient (Wildman–Crippen LogP) is 4.70. The lowest BCUT2D eigenvalue weighted by Gasteiger charge is -2.48. The average molecular weight is 250 g/mol. The van der Waals surface area contributed by atoms with Crippen LogP contribution in [0.4, 0.5) is 0 Å². The van der Waals surface area contributed by atoms with Crippen molar-refractivity contribution in [2.45, 2.75) is 66.7 Å². The Hall–Kier alpha value is -0.330. The van der Waals surface area contributed by atoms with Gasteiger partial charge in [0.2, 0.25) is 0 Å². The molecule has 0 aliphatic heterocycles. The van der Waals surface area contributed by atoms with Gasteiger partial charge in [-0.1, -0.05) is 47.5 Å². The first-order chi connectivity index (χ1) is 8.33. The van der Waals surface area contributed by atoms with Gasteiger partial charge in [-0.2, -0.15) is 0 Å². The van der Waals surface area contributed by atoms with Crippen LogP contribution in [0.3, 0.4) is 0 Å². The quantitative estimate of drug-likeness (QED) is 0.663. The van der Waals surface area contributed by atoms with Crippen LogP contribution in [-0.4, -0.2) is 6.29 Å². The number of carbonyl (C=O) groups is 1. The Kier molecular flexibility index (Phi) is 3.64. The van der Waals surface area contributed by atoms with E-state index in [4.69, 9.17) is 0 Å². The standard InChI is InChI=1S/C17H30O/c1-12-7-6-10-17(5)14(12)8-9-15(17)13(2)16(3,4)11-18/h11-15H,6-10H2,1-5H3/t12-,13-,14?,15?,17-/m0/s1. The van der Waals surface area contributed by atoms with Crippen molar-refractivity contribution >= 4 is 6.29 Å². The lowest BCUT2D eigenvalue weighted by atomic mass is 9.57. The molecule has 0 amide bonds. The number of rotatable bonds is 3. The molecule has 2 aliphatic carbocycles. The Morgan fingerprint density at radius 3 is 2.56 bits per heavy atom. The van der Waals surface area contributed by atoms with Gasteiger partial charge in [-0.25, -0.2) is 0 Å². The van der Waals surface area contributed by atoms with E-state index in [9.17, 15) is 4.79 Å². The third-order valence-corrected chi connectivity index (χ3v) is 6.63. The second-order valence-electron chi connectivity index (χ2n) is 7.89. The minimum Gasteiger partial charge on any atom is -0.303 e. The van der Waals surface area contributed by atoms with Crippen LogP contribution in [0.1, 0.15) is 66.7 Å². The molecule has 0 bridgehead atoms. The van der Waals surface area contributed by atoms with E-state index in [2.05, 4.69) is 34.6 Å². The van der Waals surface area contributed by atoms with Crippen LogP contribution >= 0.6 is 0 Å². The Bertz CT molecular complexity index is 320. The zero-order valence-corrected chi connectivity index (χ0v) is 12.8. The molecule has 2 rings (SSSR count). The molecule has 5 atom stereocenters. The Morgan fingerprint density at radius 2 is 1.94 bits per heavy atom. The van der Waals surface area contributed by atoms with Gasteiger partial charge in [0.1, 0.15) is 6.29 Å². The fourth-order valence-electron chi connectivity index (χ4n) is 5.05. The van der Waals surface area contributed by atoms with Gasteiger partial charge in [0.25, 0.3) is 0 Å². The third kappa shape index (κ3) is 2.04. The molecule has 0 saturated heterocycles. The smallest absolute Gasteiger partial charge is 0.125 e. The van der Waals surface area contributed by atoms with E-state index in [1.165, 1.54) is 38.4 Å². The van der Waals surface area contributed by atoms with Gasteiger partial charge in [-0.3, -0.25) is 0 Å². The van der Waals surface area contributed by atoms with Crippen LogP contribution in [0.5, 0.6) is 0 Å². The molecule has 2 saturated carbocycles.